The summed E-state index contributed by atoms with van der Waals surface area (Å²) in [5, 5.41) is 9.74. The summed E-state index contributed by atoms with van der Waals surface area (Å²) in [7, 11) is 0. The van der Waals surface area contributed by atoms with Crippen LogP contribution in [0.4, 0.5) is 0 Å². The Kier molecular flexibility index (Phi) is 3.95. The van der Waals surface area contributed by atoms with Gasteiger partial charge < -0.3 is 5.11 Å². The fourth-order valence-electron chi connectivity index (χ4n) is 1.42. The Morgan fingerprint density at radius 3 is 2.69 bits per heavy atom. The van der Waals surface area contributed by atoms with Gasteiger partial charge in [0.15, 0.2) is 0 Å². The minimum atomic E-state index is -0.599. The third-order valence-corrected chi connectivity index (χ3v) is 2.26. The number of aromatic nitrogens is 2. The first-order valence-electron chi connectivity index (χ1n) is 5.06. The molecule has 0 aliphatic carbocycles. The van der Waals surface area contributed by atoms with E-state index in [4.69, 9.17) is 0 Å². The molecule has 1 rings (SSSR count). The molecule has 5 heteroatoms. The molecule has 0 aromatic carbocycles. The van der Waals surface area contributed by atoms with Crippen molar-refractivity contribution in [3.8, 4) is 17.7 Å². The first kappa shape index (κ1) is 12.1. The van der Waals surface area contributed by atoms with Gasteiger partial charge in [0.2, 0.25) is 5.88 Å². The van der Waals surface area contributed by atoms with E-state index in [9.17, 15) is 14.7 Å². The molecule has 2 N–H and O–H groups in total. The van der Waals surface area contributed by atoms with Crippen LogP contribution >= 0.6 is 0 Å². The van der Waals surface area contributed by atoms with E-state index < -0.39 is 11.2 Å². The van der Waals surface area contributed by atoms with E-state index in [1.165, 1.54) is 0 Å². The summed E-state index contributed by atoms with van der Waals surface area (Å²) in [6.45, 7) is 3.72. The zero-order chi connectivity index (χ0) is 12.1. The van der Waals surface area contributed by atoms with Gasteiger partial charge in [0, 0.05) is 13.0 Å². The molecule has 0 amide bonds. The second kappa shape index (κ2) is 5.21. The largest absolute Gasteiger partial charge is 0.494 e. The normalized spacial score (nSPS) is 9.62. The zero-order valence-corrected chi connectivity index (χ0v) is 9.33. The Morgan fingerprint density at radius 1 is 1.44 bits per heavy atom. The second-order valence-corrected chi connectivity index (χ2v) is 3.24. The van der Waals surface area contributed by atoms with Crippen molar-refractivity contribution < 1.29 is 5.11 Å². The predicted molar refractivity (Wildman–Crippen MR) is 60.4 cm³/mol. The highest BCUT2D eigenvalue weighted by atomic mass is 16.3. The van der Waals surface area contributed by atoms with Gasteiger partial charge >= 0.3 is 5.69 Å². The van der Waals surface area contributed by atoms with Gasteiger partial charge in [-0.25, -0.2) is 4.79 Å². The number of aromatic hydroxyl groups is 1. The summed E-state index contributed by atoms with van der Waals surface area (Å²) in [4.78, 5) is 24.9. The van der Waals surface area contributed by atoms with Gasteiger partial charge in [-0.1, -0.05) is 6.92 Å². The van der Waals surface area contributed by atoms with Gasteiger partial charge in [-0.2, -0.15) is 0 Å². The molecule has 0 spiro atoms. The van der Waals surface area contributed by atoms with E-state index in [1.807, 2.05) is 0 Å². The Bertz CT molecular complexity index is 543. The molecule has 0 atom stereocenters. The topological polar surface area (TPSA) is 75.1 Å². The van der Waals surface area contributed by atoms with Crippen LogP contribution in [0, 0.1) is 11.8 Å². The lowest BCUT2D eigenvalue weighted by molar-refractivity contribution is 0.395. The predicted octanol–water partition coefficient (Wildman–Crippen LogP) is 0.218. The molecule has 0 saturated carbocycles. The summed E-state index contributed by atoms with van der Waals surface area (Å²) >= 11 is 0. The maximum absolute atomic E-state index is 11.4. The van der Waals surface area contributed by atoms with Crippen LogP contribution in [-0.2, 0) is 13.0 Å². The lowest BCUT2D eigenvalue weighted by atomic mass is 10.2. The standard InChI is InChI=1S/C11H14N2O3/c1-3-5-6-7-13-10(15)8(4-2)9(14)12-11(13)16/h15H,4,6-7H2,1-2H3,(H,12,14,16). The molecule has 5 nitrogen and oxygen atoms in total. The number of rotatable bonds is 3. The molecular weight excluding hydrogens is 208 g/mol. The SMILES string of the molecule is CC#CCCn1c(O)c(CC)c(=O)[nH]c1=O. The number of nitrogens with one attached hydrogen (secondary N) is 1. The molecule has 1 heterocycles. The van der Waals surface area contributed by atoms with E-state index in [0.717, 1.165) is 4.57 Å². The van der Waals surface area contributed by atoms with Crippen LogP contribution in [0.3, 0.4) is 0 Å². The van der Waals surface area contributed by atoms with E-state index in [2.05, 4.69) is 16.8 Å². The van der Waals surface area contributed by atoms with Gasteiger partial charge in [-0.3, -0.25) is 14.3 Å². The highest BCUT2D eigenvalue weighted by molar-refractivity contribution is 5.22. The quantitative estimate of drug-likeness (QED) is 0.718. The molecule has 0 bridgehead atoms. The van der Waals surface area contributed by atoms with Gasteiger partial charge in [0.25, 0.3) is 5.56 Å². The van der Waals surface area contributed by atoms with E-state index in [1.54, 1.807) is 13.8 Å². The molecule has 16 heavy (non-hydrogen) atoms. The van der Waals surface area contributed by atoms with Crippen molar-refractivity contribution in [3.05, 3.63) is 26.4 Å². The van der Waals surface area contributed by atoms with E-state index in [-0.39, 0.29) is 18.0 Å². The van der Waals surface area contributed by atoms with Crippen molar-refractivity contribution >= 4 is 0 Å². The number of H-pyrrole nitrogens is 1. The lowest BCUT2D eigenvalue weighted by Crippen LogP contribution is -2.32. The van der Waals surface area contributed by atoms with Gasteiger partial charge in [0.05, 0.1) is 5.56 Å². The summed E-state index contributed by atoms with van der Waals surface area (Å²) in [5.74, 6) is 5.23. The monoisotopic (exact) mass is 222 g/mol. The van der Waals surface area contributed by atoms with Crippen molar-refractivity contribution in [2.24, 2.45) is 0 Å². The fourth-order valence-corrected chi connectivity index (χ4v) is 1.42. The van der Waals surface area contributed by atoms with Crippen molar-refractivity contribution in [1.29, 1.82) is 0 Å². The number of hydrogen-bond acceptors (Lipinski definition) is 3. The Labute approximate surface area is 92.8 Å². The smallest absolute Gasteiger partial charge is 0.331 e. The van der Waals surface area contributed by atoms with E-state index >= 15 is 0 Å². The Hall–Kier alpha value is -1.96. The Balaban J connectivity index is 3.21. The molecule has 0 aliphatic heterocycles. The molecule has 0 radical (unpaired) electrons. The molecule has 0 aliphatic rings. The van der Waals surface area contributed by atoms with Gasteiger partial charge in [-0.15, -0.1) is 11.8 Å². The van der Waals surface area contributed by atoms with Crippen molar-refractivity contribution in [2.45, 2.75) is 33.2 Å². The number of hydrogen-bond donors (Lipinski definition) is 2. The third kappa shape index (κ3) is 2.34. The fraction of sp³-hybridized carbons (Fsp3) is 0.455. The minimum absolute atomic E-state index is 0.226. The molecular formula is C11H14N2O3. The molecule has 1 aromatic rings. The number of nitrogens with zero attached hydrogens (tertiary/aromatic N) is 1. The van der Waals surface area contributed by atoms with Crippen molar-refractivity contribution in [1.82, 2.24) is 9.55 Å². The van der Waals surface area contributed by atoms with Crippen LogP contribution in [0.5, 0.6) is 5.88 Å². The summed E-state index contributed by atoms with van der Waals surface area (Å²) in [6.07, 6.45) is 0.833. The molecule has 1 aromatic heterocycles. The molecule has 86 valence electrons. The minimum Gasteiger partial charge on any atom is -0.494 e. The van der Waals surface area contributed by atoms with Gasteiger partial charge in [0.1, 0.15) is 0 Å². The van der Waals surface area contributed by atoms with Crippen LogP contribution < -0.4 is 11.2 Å². The maximum Gasteiger partial charge on any atom is 0.331 e. The summed E-state index contributed by atoms with van der Waals surface area (Å²) in [6, 6.07) is 0. The maximum atomic E-state index is 11.4. The molecule has 0 unspecified atom stereocenters. The van der Waals surface area contributed by atoms with Crippen molar-refractivity contribution in [3.63, 3.8) is 0 Å². The van der Waals surface area contributed by atoms with Crippen molar-refractivity contribution in [2.75, 3.05) is 0 Å². The summed E-state index contributed by atoms with van der Waals surface area (Å²) < 4.78 is 1.13. The van der Waals surface area contributed by atoms with Crippen LogP contribution in [0.2, 0.25) is 0 Å². The van der Waals surface area contributed by atoms with Crippen LogP contribution in [-0.4, -0.2) is 14.7 Å². The summed E-state index contributed by atoms with van der Waals surface area (Å²) in [5.41, 5.74) is -0.899. The van der Waals surface area contributed by atoms with Gasteiger partial charge in [-0.05, 0) is 13.3 Å². The van der Waals surface area contributed by atoms with Crippen LogP contribution in [0.15, 0.2) is 9.59 Å². The van der Waals surface area contributed by atoms with Crippen LogP contribution in [0.1, 0.15) is 25.8 Å². The Morgan fingerprint density at radius 2 is 2.12 bits per heavy atom. The average Bonchev–Trinajstić information content (AvgIpc) is 2.23. The second-order valence-electron chi connectivity index (χ2n) is 3.24. The van der Waals surface area contributed by atoms with E-state index in [0.29, 0.717) is 12.8 Å². The molecule has 0 saturated heterocycles. The first-order chi connectivity index (χ1) is 7.61. The zero-order valence-electron chi connectivity index (χ0n) is 9.33. The first-order valence-corrected chi connectivity index (χ1v) is 5.06. The third-order valence-electron chi connectivity index (χ3n) is 2.26. The highest BCUT2D eigenvalue weighted by Crippen LogP contribution is 2.10. The van der Waals surface area contributed by atoms with Crippen LogP contribution in [0.25, 0.3) is 0 Å². The highest BCUT2D eigenvalue weighted by Gasteiger charge is 2.11. The lowest BCUT2D eigenvalue weighted by Gasteiger charge is -2.08. The molecule has 0 fully saturated rings. The number of aromatic amines is 1. The average molecular weight is 222 g/mol.